The number of alkyl carbamates (subject to hydrolysis) is 1. The number of aromatic hydroxyl groups is 2. The van der Waals surface area contributed by atoms with E-state index in [2.05, 4.69) is 31.5 Å². The molecule has 6 aliphatic rings. The van der Waals surface area contributed by atoms with Gasteiger partial charge in [-0.25, -0.2) is 14.5 Å². The van der Waals surface area contributed by atoms with Gasteiger partial charge in [0.25, 0.3) is 0 Å². The molecule has 0 aromatic heterocycles. The van der Waals surface area contributed by atoms with Gasteiger partial charge >= 0.3 is 12.1 Å². The number of phenolic OH excluding ortho intramolecular Hbond substituents is 2. The summed E-state index contributed by atoms with van der Waals surface area (Å²) >= 11 is 0. The van der Waals surface area contributed by atoms with E-state index in [1.165, 1.54) is 19.1 Å². The van der Waals surface area contributed by atoms with E-state index in [0.29, 0.717) is 17.7 Å². The van der Waals surface area contributed by atoms with Gasteiger partial charge in [0.15, 0.2) is 23.6 Å². The van der Waals surface area contributed by atoms with Crippen molar-refractivity contribution in [2.45, 2.75) is 178 Å². The van der Waals surface area contributed by atoms with Crippen LogP contribution in [0.1, 0.15) is 147 Å². The van der Waals surface area contributed by atoms with Gasteiger partial charge in [0, 0.05) is 66.7 Å². The first kappa shape index (κ1) is 58.6. The van der Waals surface area contributed by atoms with Crippen LogP contribution in [-0.2, 0) is 55.9 Å². The van der Waals surface area contributed by atoms with Crippen LogP contribution in [0.2, 0.25) is 0 Å². The fourth-order valence-electron chi connectivity index (χ4n) is 11.4. The third kappa shape index (κ3) is 13.2. The lowest BCUT2D eigenvalue weighted by molar-refractivity contribution is -0.249. The number of carbonyl (C=O) groups excluding carboxylic acids is 8. The molecule has 4 saturated heterocycles. The molecule has 4 aliphatic heterocycles. The first-order chi connectivity index (χ1) is 38.6. The van der Waals surface area contributed by atoms with E-state index in [0.717, 1.165) is 39.2 Å². The number of ketones is 3. The van der Waals surface area contributed by atoms with Crippen molar-refractivity contribution in [2.24, 2.45) is 11.7 Å². The van der Waals surface area contributed by atoms with Crippen molar-refractivity contribution >= 4 is 52.9 Å². The molecule has 2 aliphatic carbocycles. The zero-order valence-electron chi connectivity index (χ0n) is 45.6. The minimum atomic E-state index is -2.15. The van der Waals surface area contributed by atoms with Crippen molar-refractivity contribution in [2.75, 3.05) is 18.4 Å². The van der Waals surface area contributed by atoms with Gasteiger partial charge < -0.3 is 76.4 Å². The van der Waals surface area contributed by atoms with Crippen molar-refractivity contribution in [3.63, 3.8) is 0 Å². The number of benzene rings is 3. The third-order valence-electron chi connectivity index (χ3n) is 16.0. The minimum absolute atomic E-state index is 0.00479. The van der Waals surface area contributed by atoms with Gasteiger partial charge in [0.2, 0.25) is 17.7 Å². The number of urea groups is 1. The van der Waals surface area contributed by atoms with Crippen molar-refractivity contribution < 1.29 is 82.5 Å². The number of primary amides is 1. The number of aliphatic hydroxyl groups excluding tert-OH is 1. The van der Waals surface area contributed by atoms with E-state index in [1.807, 2.05) is 0 Å². The number of rotatable bonds is 22. The summed E-state index contributed by atoms with van der Waals surface area (Å²) in [4.78, 5) is 108. The predicted molar refractivity (Wildman–Crippen MR) is 285 cm³/mol. The van der Waals surface area contributed by atoms with Crippen LogP contribution in [-0.4, -0.2) is 152 Å². The Kier molecular flexibility index (Phi) is 17.8. The van der Waals surface area contributed by atoms with Crippen LogP contribution in [0.25, 0.3) is 0 Å². The number of nitrogens with zero attached hydrogens (tertiary/aromatic N) is 1. The fourth-order valence-corrected chi connectivity index (χ4v) is 11.4. The highest BCUT2D eigenvalue weighted by molar-refractivity contribution is 6.30. The number of aliphatic hydroxyl groups is 2. The summed E-state index contributed by atoms with van der Waals surface area (Å²) in [7, 11) is 0. The molecule has 81 heavy (non-hydrogen) atoms. The zero-order valence-corrected chi connectivity index (χ0v) is 45.6. The number of likely N-dealkylation sites (tertiary alicyclic amines) is 1. The number of nitrogens with one attached hydrogen (secondary N) is 5. The highest BCUT2D eigenvalue weighted by Crippen LogP contribution is 2.52. The van der Waals surface area contributed by atoms with E-state index in [4.69, 9.17) is 29.4 Å². The Balaban J connectivity index is 0.775. The van der Waals surface area contributed by atoms with E-state index in [9.17, 15) is 58.8 Å². The Hall–Kier alpha value is -7.06. The maximum atomic E-state index is 13.8. The monoisotopic (exact) mass is 1130 g/mol. The van der Waals surface area contributed by atoms with Crippen LogP contribution in [0, 0.1) is 5.92 Å². The number of amides is 6. The Morgan fingerprint density at radius 2 is 1.51 bits per heavy atom. The number of hydrogen-bond acceptors (Lipinski definition) is 18. The molecule has 0 spiro atoms. The Bertz CT molecular complexity index is 2920. The van der Waals surface area contributed by atoms with E-state index < -0.39 is 125 Å². The fraction of sp³-hybridized carbons (Fsp3) is 0.544. The number of nitrogens with two attached hydrogens (primary N) is 1. The lowest BCUT2D eigenvalue weighted by atomic mass is 9.72. The second-order valence-corrected chi connectivity index (χ2v) is 22.2. The molecule has 0 saturated carbocycles. The summed E-state index contributed by atoms with van der Waals surface area (Å²) in [6, 6.07) is 8.39. The molecule has 24 heteroatoms. The molecular weight excluding hydrogens is 1050 g/mol. The molecule has 24 nitrogen and oxygen atoms in total. The number of unbranched alkanes of at least 4 members (excludes halogenated alkanes) is 2. The van der Waals surface area contributed by atoms with E-state index in [-0.39, 0.29) is 97.6 Å². The summed E-state index contributed by atoms with van der Waals surface area (Å²) < 4.78 is 29.3. The lowest BCUT2D eigenvalue weighted by Crippen LogP contribution is -2.55. The molecule has 9 rings (SSSR count). The minimum Gasteiger partial charge on any atom is -0.507 e. The summed E-state index contributed by atoms with van der Waals surface area (Å²) in [6.07, 6.45) is -1.31. The van der Waals surface area contributed by atoms with Gasteiger partial charge in [0.1, 0.15) is 54.4 Å². The van der Waals surface area contributed by atoms with Crippen LogP contribution in [0.4, 0.5) is 15.3 Å². The number of Topliss-reactive ketones (excluding diaryl/α,β-unsaturated/α-hetero) is 1. The van der Waals surface area contributed by atoms with Gasteiger partial charge in [-0.3, -0.25) is 28.8 Å². The van der Waals surface area contributed by atoms with Gasteiger partial charge in [-0.15, -0.1) is 0 Å². The maximum Gasteiger partial charge on any atom is 0.407 e. The van der Waals surface area contributed by atoms with E-state index in [1.54, 1.807) is 50.2 Å². The molecule has 3 aromatic carbocycles. The molecule has 3 aromatic rings. The van der Waals surface area contributed by atoms with Crippen LogP contribution in [0.15, 0.2) is 48.5 Å². The van der Waals surface area contributed by atoms with Crippen molar-refractivity contribution in [1.82, 2.24) is 26.2 Å². The average molecular weight is 1130 g/mol. The quantitative estimate of drug-likeness (QED) is 0.0307. The average Bonchev–Trinajstić information content (AvgIpc) is 3.66. The molecule has 6 amide bonds. The molecule has 0 radical (unpaired) electrons. The van der Waals surface area contributed by atoms with Gasteiger partial charge in [-0.2, -0.15) is 0 Å². The first-order valence-electron chi connectivity index (χ1n) is 27.7. The van der Waals surface area contributed by atoms with Crippen LogP contribution in [0.5, 0.6) is 11.5 Å². The molecule has 0 bridgehead atoms. The highest BCUT2D eigenvalue weighted by Gasteiger charge is 2.57. The van der Waals surface area contributed by atoms with Crippen molar-refractivity contribution in [3.05, 3.63) is 87.5 Å². The first-order valence-corrected chi connectivity index (χ1v) is 27.7. The summed E-state index contributed by atoms with van der Waals surface area (Å²) in [5, 5.41) is 59.6. The Morgan fingerprint density at radius 1 is 0.852 bits per heavy atom. The van der Waals surface area contributed by atoms with Crippen LogP contribution < -0.4 is 32.3 Å². The Morgan fingerprint density at radius 3 is 2.14 bits per heavy atom. The number of epoxide rings is 2. The smallest absolute Gasteiger partial charge is 0.407 e. The van der Waals surface area contributed by atoms with Gasteiger partial charge in [-0.1, -0.05) is 56.7 Å². The standard InChI is InChI=1S/C57H71N7O17/c1-27(2)45(63-40(66)14-6-5-9-22-64-53-37(80-53)19-20-38-54(64)81-38)52(73)61-35(13-10-21-59-55(58)74)51(72)60-31-17-15-30(16-18-31)26-77-56(75)62-36-23-41(78-28(3)46(36)67)79-39-25-57(76,29(4)65)24-34-42(39)50(71)44-43(49(34)70)47(68)32-11-7-8-12-33(32)48(44)69/h7-8,11-12,15-18,27-28,35-39,41,45-46,53-54,67,70-71,76H,5-6,9-10,13-14,19-26H2,1-4H3,(H,60,72)(H,61,73)(H,62,75)(H,63,66)(H3,58,59,74)/t28-,35-,36?,37?,38?,39-,41-,45-,46+,53?,54?,57-/m0/s1. The van der Waals surface area contributed by atoms with Crippen LogP contribution >= 0.6 is 0 Å². The van der Waals surface area contributed by atoms with Gasteiger partial charge in [0.05, 0.1) is 41.6 Å². The molecule has 4 fully saturated rings. The number of carbonyl (C=O) groups is 8. The van der Waals surface area contributed by atoms with Crippen LogP contribution in [0.3, 0.4) is 0 Å². The third-order valence-corrected chi connectivity index (χ3v) is 16.0. The number of phenols is 2. The second-order valence-electron chi connectivity index (χ2n) is 22.2. The summed E-state index contributed by atoms with van der Waals surface area (Å²) in [5.41, 5.74) is 2.70. The molecule has 12 atom stereocenters. The normalized spacial score (nSPS) is 26.9. The Labute approximate surface area is 467 Å². The number of hydrogen-bond donors (Lipinski definition) is 10. The van der Waals surface area contributed by atoms with Crippen molar-refractivity contribution in [1.29, 1.82) is 0 Å². The largest absolute Gasteiger partial charge is 0.507 e. The van der Waals surface area contributed by atoms with Gasteiger partial charge in [-0.05, 0) is 76.0 Å². The van der Waals surface area contributed by atoms with Crippen molar-refractivity contribution in [3.8, 4) is 11.5 Å². The SMILES string of the molecule is CC(=O)[C@]1(O)Cc2c(O)c3c(c(O)c2[C@@H](O[C@H]2CC(NC(=O)OCc4ccc(NC(=O)[C@H](CCCNC(N)=O)NC(=O)[C@@H](NC(=O)CCCCCN5C6OC6CCC6OC65)C(C)C)cc4)[C@H](O)[C@H](C)O2)C1)C(=O)c1ccccc1C3=O. The molecule has 4 heterocycles. The number of fused-ring (bicyclic) bond motifs is 5. The molecule has 5 unspecified atom stereocenters. The topological polar surface area (TPSA) is 360 Å². The summed E-state index contributed by atoms with van der Waals surface area (Å²) in [5.74, 6) is -5.28. The van der Waals surface area contributed by atoms with E-state index >= 15 is 0 Å². The number of anilines is 1. The highest BCUT2D eigenvalue weighted by atomic mass is 16.7. The molecular formula is C57H71N7O17. The maximum absolute atomic E-state index is 13.8. The molecule has 436 valence electrons. The number of ether oxygens (including phenoxy) is 5. The zero-order chi connectivity index (χ0) is 58.0. The predicted octanol–water partition coefficient (Wildman–Crippen LogP) is 3.11. The molecule has 11 N–H and O–H groups in total. The lowest BCUT2D eigenvalue weighted by Gasteiger charge is -2.42. The second kappa shape index (κ2) is 24.6. The summed E-state index contributed by atoms with van der Waals surface area (Å²) in [6.45, 7) is 6.92.